The van der Waals surface area contributed by atoms with E-state index in [1.165, 1.54) is 0 Å². The van der Waals surface area contributed by atoms with E-state index in [4.69, 9.17) is 0 Å². The van der Waals surface area contributed by atoms with Crippen LogP contribution in [0.15, 0.2) is 0 Å². The Morgan fingerprint density at radius 1 is 0.250 bits per heavy atom. The van der Waals surface area contributed by atoms with Gasteiger partial charge in [-0.3, -0.25) is 0 Å². The molecule has 0 aliphatic carbocycles. The van der Waals surface area contributed by atoms with E-state index in [-0.39, 0.29) is 117 Å². The van der Waals surface area contributed by atoms with Crippen molar-refractivity contribution in [3.05, 3.63) is 0 Å². The monoisotopic (exact) mass is 434 g/mol. The summed E-state index contributed by atoms with van der Waals surface area (Å²) in [7, 11) is 0. The van der Waals surface area contributed by atoms with Gasteiger partial charge in [0.1, 0.15) is 0 Å². The maximum atomic E-state index is 0. The average molecular weight is 434 g/mol. The molecule has 0 saturated carbocycles. The summed E-state index contributed by atoms with van der Waals surface area (Å²) in [5.41, 5.74) is 0. The normalized spacial score (nSPS) is 0. The van der Waals surface area contributed by atoms with Gasteiger partial charge in [-0.25, -0.2) is 0 Å². The Kier molecular flexibility index (Phi) is 670. The van der Waals surface area contributed by atoms with Crippen LogP contribution >= 0.6 is 49.5 Å². The van der Waals surface area contributed by atoms with Crippen LogP contribution in [0.1, 0.15) is 0 Å². The first-order chi connectivity index (χ1) is 0. The molecule has 8 heteroatoms. The maximum Gasteiger partial charge on any atom is 5.00 e. The number of hydrogen-bond acceptors (Lipinski definition) is 0. The van der Waals surface area contributed by atoms with Gasteiger partial charge < -0.3 is 49.5 Å². The minimum atomic E-state index is 0. The molecule has 0 rings (SSSR count). The van der Waals surface area contributed by atoms with E-state index in [9.17, 15) is 0 Å². The van der Waals surface area contributed by atoms with Gasteiger partial charge in [0.2, 0.25) is 0 Å². The van der Waals surface area contributed by atoms with Crippen LogP contribution in [0.5, 0.6) is 0 Å². The predicted molar refractivity (Wildman–Crippen MR) is 34.6 cm³/mol. The second-order valence-electron chi connectivity index (χ2n) is 0. The molecule has 0 saturated heterocycles. The van der Waals surface area contributed by atoms with Crippen LogP contribution in [-0.2, 0) is 67.1 Å². The molecule has 0 bridgehead atoms. The molecular weight excluding hydrogens is 434 g/mol. The minimum Gasteiger partial charge on any atom is -3.00 e. The van der Waals surface area contributed by atoms with Gasteiger partial charge in [-0.05, 0) is 0 Å². The van der Waals surface area contributed by atoms with Gasteiger partial charge in [0, 0.05) is 0 Å². The Morgan fingerprint density at radius 2 is 0.250 bits per heavy atom. The summed E-state index contributed by atoms with van der Waals surface area (Å²) in [4.78, 5) is 0. The molecule has 0 aromatic carbocycles. The molecule has 0 aromatic heterocycles. The smallest absolute Gasteiger partial charge is 3.00 e. The molecule has 0 atom stereocenters. The van der Waals surface area contributed by atoms with Gasteiger partial charge in [-0.1, -0.05) is 0 Å². The molecule has 0 heterocycles. The first-order valence-electron chi connectivity index (χ1n) is 0. The van der Waals surface area contributed by atoms with Crippen molar-refractivity contribution < 1.29 is 67.1 Å². The quantitative estimate of drug-likeness (QED) is 0.395. The van der Waals surface area contributed by atoms with E-state index in [0.29, 0.717) is 0 Å². The van der Waals surface area contributed by atoms with Gasteiger partial charge in [0.15, 0.2) is 0 Å². The van der Waals surface area contributed by atoms with E-state index < -0.39 is 0 Å². The molecule has 0 fully saturated rings. The van der Waals surface area contributed by atoms with Gasteiger partial charge >= 0.3 is 67.1 Å². The molecule has 0 amide bonds. The summed E-state index contributed by atoms with van der Waals surface area (Å²) in [6.45, 7) is 0. The van der Waals surface area contributed by atoms with Gasteiger partial charge in [-0.2, -0.15) is 0 Å². The zero-order valence-electron chi connectivity index (χ0n) is 3.58. The fourth-order valence-corrected chi connectivity index (χ4v) is 0. The van der Waals surface area contributed by atoms with Crippen LogP contribution < -0.4 is 0 Å². The van der Waals surface area contributed by atoms with Crippen LogP contribution in [0.3, 0.4) is 0 Å². The van der Waals surface area contributed by atoms with Crippen LogP contribution in [0, 0.1) is 0 Å². The fraction of sp³-hybridized carbons (Fsp3) is 0. The third-order valence-electron chi connectivity index (χ3n) is 0. The van der Waals surface area contributed by atoms with Crippen molar-refractivity contribution in [3.8, 4) is 0 Å². The SMILES string of the molecule is [Nb+5].[Nb+5].[Nb+5].[P-3].[P-3].[P-3].[P-3].[P-3]. The zero-order chi connectivity index (χ0) is 0. The molecule has 0 N–H and O–H groups in total. The Hall–Kier alpha value is 4.37. The first kappa shape index (κ1) is 83.7. The van der Waals surface area contributed by atoms with E-state index in [2.05, 4.69) is 0 Å². The Morgan fingerprint density at radius 3 is 0.250 bits per heavy atom. The van der Waals surface area contributed by atoms with Crippen molar-refractivity contribution in [2.24, 2.45) is 0 Å². The Balaban J connectivity index is 0. The third kappa shape index (κ3) is 47.7. The predicted octanol–water partition coefficient (Wildman–Crippen LogP) is 4.30. The van der Waals surface area contributed by atoms with Crippen LogP contribution in [0.4, 0.5) is 0 Å². The Labute approximate surface area is 115 Å². The fourth-order valence-electron chi connectivity index (χ4n) is 0. The zero-order valence-corrected chi connectivity index (χ0v) is 14.6. The summed E-state index contributed by atoms with van der Waals surface area (Å²) in [6, 6.07) is 0. The third-order valence-corrected chi connectivity index (χ3v) is 0. The van der Waals surface area contributed by atoms with Crippen molar-refractivity contribution in [2.45, 2.75) is 0 Å². The minimum absolute atomic E-state index is 0. The van der Waals surface area contributed by atoms with Crippen LogP contribution in [0.2, 0.25) is 0 Å². The summed E-state index contributed by atoms with van der Waals surface area (Å²) in [5.74, 6) is 0. The summed E-state index contributed by atoms with van der Waals surface area (Å²) in [6.07, 6.45) is 0. The Bertz CT molecular complexity index is 7.64. The molecule has 0 nitrogen and oxygen atoms in total. The first-order valence-corrected chi connectivity index (χ1v) is 0. The standard InChI is InChI=1S/3Nb.5P/q3*+5;5*-3. The van der Waals surface area contributed by atoms with Gasteiger partial charge in [-0.15, -0.1) is 0 Å². The molecule has 0 radical (unpaired) electrons. The number of hydrogen-bond donors (Lipinski definition) is 0. The molecule has 40 valence electrons. The molecule has 0 spiro atoms. The number of rotatable bonds is 0. The van der Waals surface area contributed by atoms with Crippen molar-refractivity contribution in [1.82, 2.24) is 0 Å². The second-order valence-corrected chi connectivity index (χ2v) is 0. The summed E-state index contributed by atoms with van der Waals surface area (Å²) in [5, 5.41) is 0. The molecule has 8 heavy (non-hydrogen) atoms. The van der Waals surface area contributed by atoms with E-state index in [1.54, 1.807) is 0 Å². The molecular formula is Nb3P5. The molecule has 0 unspecified atom stereocenters. The van der Waals surface area contributed by atoms with Crippen molar-refractivity contribution in [3.63, 3.8) is 0 Å². The maximum absolute atomic E-state index is 0. The molecule has 0 aromatic rings. The second kappa shape index (κ2) is 64.0. The average Bonchev–Trinajstić information content (AvgIpc) is 0. The van der Waals surface area contributed by atoms with Gasteiger partial charge in [0.05, 0.1) is 0 Å². The van der Waals surface area contributed by atoms with Crippen LogP contribution in [0.25, 0.3) is 0 Å². The van der Waals surface area contributed by atoms with Crippen LogP contribution in [-0.4, -0.2) is 0 Å². The molecule has 0 aliphatic rings. The summed E-state index contributed by atoms with van der Waals surface area (Å²) < 4.78 is 0. The largest absolute Gasteiger partial charge is 5.00 e. The van der Waals surface area contributed by atoms with Crippen molar-refractivity contribution in [2.75, 3.05) is 0 Å². The van der Waals surface area contributed by atoms with E-state index >= 15 is 0 Å². The summed E-state index contributed by atoms with van der Waals surface area (Å²) >= 11 is 0. The van der Waals surface area contributed by atoms with E-state index in [1.807, 2.05) is 0 Å². The van der Waals surface area contributed by atoms with E-state index in [0.717, 1.165) is 0 Å². The van der Waals surface area contributed by atoms with Gasteiger partial charge in [0.25, 0.3) is 0 Å². The molecule has 0 aliphatic heterocycles. The van der Waals surface area contributed by atoms with Crippen molar-refractivity contribution >= 4 is 49.5 Å². The van der Waals surface area contributed by atoms with Crippen molar-refractivity contribution in [1.29, 1.82) is 0 Å². The topological polar surface area (TPSA) is 0 Å².